The van der Waals surface area contributed by atoms with E-state index in [0.717, 1.165) is 30.7 Å². The average molecular weight is 288 g/mol. The van der Waals surface area contributed by atoms with E-state index in [2.05, 4.69) is 18.3 Å². The second-order valence-electron chi connectivity index (χ2n) is 6.29. The fourth-order valence-corrected chi connectivity index (χ4v) is 2.44. The third-order valence-corrected chi connectivity index (χ3v) is 4.21. The number of carbonyl (C=O) groups is 1. The first-order valence-corrected chi connectivity index (χ1v) is 7.85. The molecule has 0 radical (unpaired) electrons. The van der Waals surface area contributed by atoms with Gasteiger partial charge in [-0.25, -0.2) is 0 Å². The summed E-state index contributed by atoms with van der Waals surface area (Å²) in [5, 5.41) is 3.50. The summed E-state index contributed by atoms with van der Waals surface area (Å²) in [5.41, 5.74) is 2.36. The minimum atomic E-state index is 0.0687. The standard InChI is InChI=1S/C17H24N2O2/c1-12-3-8-16(13(9-12)10-18-14-4-5-14)21-11-17(20)19(2)15-6-7-15/h3,8-9,14-15,18H,4-7,10-11H2,1-2H3. The minimum Gasteiger partial charge on any atom is -0.483 e. The lowest BCUT2D eigenvalue weighted by atomic mass is 10.1. The maximum Gasteiger partial charge on any atom is 0.260 e. The van der Waals surface area contributed by atoms with Crippen LogP contribution in [0.5, 0.6) is 5.75 Å². The van der Waals surface area contributed by atoms with Gasteiger partial charge in [0.15, 0.2) is 6.61 Å². The predicted molar refractivity (Wildman–Crippen MR) is 82.3 cm³/mol. The number of rotatable bonds is 7. The number of amides is 1. The summed E-state index contributed by atoms with van der Waals surface area (Å²) in [4.78, 5) is 13.9. The van der Waals surface area contributed by atoms with E-state index in [1.54, 1.807) is 0 Å². The largest absolute Gasteiger partial charge is 0.483 e. The van der Waals surface area contributed by atoms with Gasteiger partial charge in [0.25, 0.3) is 5.91 Å². The van der Waals surface area contributed by atoms with Gasteiger partial charge in [-0.05, 0) is 38.7 Å². The Morgan fingerprint density at radius 2 is 2.10 bits per heavy atom. The summed E-state index contributed by atoms with van der Waals surface area (Å²) in [6.45, 7) is 3.03. The van der Waals surface area contributed by atoms with Gasteiger partial charge in [0.05, 0.1) is 0 Å². The molecule has 114 valence electrons. The maximum absolute atomic E-state index is 12.0. The molecule has 21 heavy (non-hydrogen) atoms. The summed E-state index contributed by atoms with van der Waals surface area (Å²) in [5.74, 6) is 0.894. The van der Waals surface area contributed by atoms with E-state index in [9.17, 15) is 4.79 Å². The fraction of sp³-hybridized carbons (Fsp3) is 0.588. The molecule has 2 aliphatic carbocycles. The number of hydrogen-bond donors (Lipinski definition) is 1. The van der Waals surface area contributed by atoms with Gasteiger partial charge < -0.3 is 15.0 Å². The number of ether oxygens (including phenoxy) is 1. The smallest absolute Gasteiger partial charge is 0.260 e. The van der Waals surface area contributed by atoms with E-state index in [4.69, 9.17) is 4.74 Å². The molecule has 0 atom stereocenters. The first-order valence-electron chi connectivity index (χ1n) is 7.85. The van der Waals surface area contributed by atoms with Gasteiger partial charge >= 0.3 is 0 Å². The molecular weight excluding hydrogens is 264 g/mol. The molecule has 1 aromatic carbocycles. The normalized spacial score (nSPS) is 17.6. The van der Waals surface area contributed by atoms with Gasteiger partial charge in [0.1, 0.15) is 5.75 Å². The Balaban J connectivity index is 1.58. The zero-order valence-corrected chi connectivity index (χ0v) is 12.9. The molecule has 1 amide bonds. The van der Waals surface area contributed by atoms with E-state index in [-0.39, 0.29) is 12.5 Å². The van der Waals surface area contributed by atoms with Crippen molar-refractivity contribution in [1.29, 1.82) is 0 Å². The molecule has 2 aliphatic rings. The molecule has 0 heterocycles. The molecule has 0 saturated heterocycles. The van der Waals surface area contributed by atoms with Gasteiger partial charge in [0.2, 0.25) is 0 Å². The summed E-state index contributed by atoms with van der Waals surface area (Å²) in [6, 6.07) is 7.25. The molecule has 4 nitrogen and oxygen atoms in total. The Morgan fingerprint density at radius 1 is 1.33 bits per heavy atom. The highest BCUT2D eigenvalue weighted by atomic mass is 16.5. The molecule has 0 unspecified atom stereocenters. The average Bonchev–Trinajstić information content (AvgIpc) is 3.36. The van der Waals surface area contributed by atoms with Crippen molar-refractivity contribution < 1.29 is 9.53 Å². The lowest BCUT2D eigenvalue weighted by molar-refractivity contribution is -0.132. The highest BCUT2D eigenvalue weighted by molar-refractivity contribution is 5.78. The lowest BCUT2D eigenvalue weighted by Gasteiger charge is -2.18. The van der Waals surface area contributed by atoms with Gasteiger partial charge in [-0.15, -0.1) is 0 Å². The maximum atomic E-state index is 12.0. The number of likely N-dealkylation sites (N-methyl/N-ethyl adjacent to an activating group) is 1. The van der Waals surface area contributed by atoms with Gasteiger partial charge in [-0.1, -0.05) is 17.7 Å². The highest BCUT2D eigenvalue weighted by Gasteiger charge is 2.29. The highest BCUT2D eigenvalue weighted by Crippen LogP contribution is 2.26. The molecule has 2 saturated carbocycles. The monoisotopic (exact) mass is 288 g/mol. The number of benzene rings is 1. The second-order valence-corrected chi connectivity index (χ2v) is 6.29. The topological polar surface area (TPSA) is 41.6 Å². The first-order chi connectivity index (χ1) is 10.1. The number of nitrogens with zero attached hydrogens (tertiary/aromatic N) is 1. The van der Waals surface area contributed by atoms with Crippen LogP contribution in [0.3, 0.4) is 0 Å². The van der Waals surface area contributed by atoms with Crippen molar-refractivity contribution in [2.75, 3.05) is 13.7 Å². The quantitative estimate of drug-likeness (QED) is 0.836. The van der Waals surface area contributed by atoms with Crippen LogP contribution in [0.2, 0.25) is 0 Å². The molecule has 0 bridgehead atoms. The van der Waals surface area contributed by atoms with Crippen LogP contribution in [-0.4, -0.2) is 36.5 Å². The zero-order chi connectivity index (χ0) is 14.8. The van der Waals surface area contributed by atoms with Crippen LogP contribution in [-0.2, 0) is 11.3 Å². The third kappa shape index (κ3) is 3.97. The summed E-state index contributed by atoms with van der Waals surface area (Å²) >= 11 is 0. The van der Waals surface area contributed by atoms with Crippen LogP contribution in [0.15, 0.2) is 18.2 Å². The van der Waals surface area contributed by atoms with Crippen molar-refractivity contribution in [2.45, 2.75) is 51.2 Å². The van der Waals surface area contributed by atoms with E-state index in [1.165, 1.54) is 18.4 Å². The Morgan fingerprint density at radius 3 is 2.76 bits per heavy atom. The Kier molecular flexibility index (Phi) is 4.15. The SMILES string of the molecule is Cc1ccc(OCC(=O)N(C)C2CC2)c(CNC2CC2)c1. The molecule has 4 heteroatoms. The van der Waals surface area contributed by atoms with Crippen molar-refractivity contribution >= 4 is 5.91 Å². The van der Waals surface area contributed by atoms with Crippen molar-refractivity contribution in [3.8, 4) is 5.75 Å². The van der Waals surface area contributed by atoms with Crippen molar-refractivity contribution in [3.63, 3.8) is 0 Å². The van der Waals surface area contributed by atoms with Gasteiger partial charge in [0, 0.05) is 31.2 Å². The van der Waals surface area contributed by atoms with E-state index < -0.39 is 0 Å². The molecule has 2 fully saturated rings. The van der Waals surface area contributed by atoms with Crippen molar-refractivity contribution in [1.82, 2.24) is 10.2 Å². The van der Waals surface area contributed by atoms with Gasteiger partial charge in [-0.2, -0.15) is 0 Å². The van der Waals surface area contributed by atoms with E-state index >= 15 is 0 Å². The number of nitrogens with one attached hydrogen (secondary N) is 1. The van der Waals surface area contributed by atoms with Crippen LogP contribution >= 0.6 is 0 Å². The molecule has 0 aromatic heterocycles. The predicted octanol–water partition coefficient (Wildman–Crippen LogP) is 2.25. The first kappa shape index (κ1) is 14.4. The summed E-state index contributed by atoms with van der Waals surface area (Å²) in [6.07, 6.45) is 4.80. The van der Waals surface area contributed by atoms with Crippen LogP contribution in [0.1, 0.15) is 36.8 Å². The summed E-state index contributed by atoms with van der Waals surface area (Å²) in [7, 11) is 1.87. The Labute approximate surface area is 126 Å². The molecule has 0 aliphatic heterocycles. The van der Waals surface area contributed by atoms with Gasteiger partial charge in [-0.3, -0.25) is 4.79 Å². The molecule has 0 spiro atoms. The minimum absolute atomic E-state index is 0.0687. The third-order valence-electron chi connectivity index (χ3n) is 4.21. The van der Waals surface area contributed by atoms with Crippen LogP contribution in [0, 0.1) is 6.92 Å². The van der Waals surface area contributed by atoms with E-state index in [1.807, 2.05) is 24.1 Å². The zero-order valence-electron chi connectivity index (χ0n) is 12.9. The molecule has 1 aromatic rings. The van der Waals surface area contributed by atoms with Crippen molar-refractivity contribution in [3.05, 3.63) is 29.3 Å². The summed E-state index contributed by atoms with van der Waals surface area (Å²) < 4.78 is 5.77. The van der Waals surface area contributed by atoms with Crippen molar-refractivity contribution in [2.24, 2.45) is 0 Å². The second kappa shape index (κ2) is 6.06. The van der Waals surface area contributed by atoms with Crippen LogP contribution in [0.4, 0.5) is 0 Å². The van der Waals surface area contributed by atoms with Crippen LogP contribution in [0.25, 0.3) is 0 Å². The molecular formula is C17H24N2O2. The number of hydrogen-bond acceptors (Lipinski definition) is 3. The van der Waals surface area contributed by atoms with Crippen LogP contribution < -0.4 is 10.1 Å². The number of carbonyl (C=O) groups excluding carboxylic acids is 1. The lowest BCUT2D eigenvalue weighted by Crippen LogP contribution is -2.33. The Bertz CT molecular complexity index is 522. The molecule has 1 N–H and O–H groups in total. The fourth-order valence-electron chi connectivity index (χ4n) is 2.44. The molecule has 3 rings (SSSR count). The Hall–Kier alpha value is -1.55. The van der Waals surface area contributed by atoms with E-state index in [0.29, 0.717) is 12.1 Å². The number of aryl methyl sites for hydroxylation is 1.